The highest BCUT2D eigenvalue weighted by Crippen LogP contribution is 2.34. The van der Waals surface area contributed by atoms with Crippen LogP contribution >= 0.6 is 23.2 Å². The first-order valence-electron chi connectivity index (χ1n) is 15.3. The SMILES string of the molecule is CCCNC(=O)C(Cc1ccccc1)N(Cc1ccc(Cl)c(Cl)c1)C(=O)CN(c1ccc(F)cc1)S(=O)(=O)c1ccc2c(c1)OCCO2. The molecule has 2 amide bonds. The van der Waals surface area contributed by atoms with E-state index >= 15 is 0 Å². The smallest absolute Gasteiger partial charge is 0.264 e. The minimum Gasteiger partial charge on any atom is -0.486 e. The summed E-state index contributed by atoms with van der Waals surface area (Å²) >= 11 is 12.5. The zero-order valence-corrected chi connectivity index (χ0v) is 28.4. The van der Waals surface area contributed by atoms with Crippen LogP contribution in [0.4, 0.5) is 10.1 Å². The van der Waals surface area contributed by atoms with Gasteiger partial charge < -0.3 is 19.7 Å². The molecule has 48 heavy (non-hydrogen) atoms. The van der Waals surface area contributed by atoms with Gasteiger partial charge in [0, 0.05) is 25.6 Å². The Bertz CT molecular complexity index is 1860. The second-order valence-electron chi connectivity index (χ2n) is 11.1. The number of carbonyl (C=O) groups is 2. The van der Waals surface area contributed by atoms with Crippen molar-refractivity contribution in [2.24, 2.45) is 0 Å². The molecule has 0 saturated heterocycles. The predicted octanol–water partition coefficient (Wildman–Crippen LogP) is 6.27. The molecule has 1 aliphatic rings. The van der Waals surface area contributed by atoms with Gasteiger partial charge in [0.1, 0.15) is 31.6 Å². The summed E-state index contributed by atoms with van der Waals surface area (Å²) in [6.45, 7) is 2.04. The lowest BCUT2D eigenvalue weighted by Gasteiger charge is -2.34. The van der Waals surface area contributed by atoms with Gasteiger partial charge in [-0.1, -0.05) is 66.5 Å². The number of nitrogens with one attached hydrogen (secondary N) is 1. The van der Waals surface area contributed by atoms with Gasteiger partial charge in [-0.15, -0.1) is 0 Å². The number of hydrogen-bond donors (Lipinski definition) is 1. The Kier molecular flexibility index (Phi) is 11.5. The summed E-state index contributed by atoms with van der Waals surface area (Å²) in [6.07, 6.45) is 0.811. The van der Waals surface area contributed by atoms with E-state index in [1.807, 2.05) is 37.3 Å². The van der Waals surface area contributed by atoms with Gasteiger partial charge in [-0.3, -0.25) is 13.9 Å². The molecule has 4 aromatic rings. The predicted molar refractivity (Wildman–Crippen MR) is 183 cm³/mol. The summed E-state index contributed by atoms with van der Waals surface area (Å²) in [7, 11) is -4.44. The molecule has 0 fully saturated rings. The van der Waals surface area contributed by atoms with Crippen LogP contribution in [0.15, 0.2) is 95.9 Å². The molecule has 0 aliphatic carbocycles. The Hall–Kier alpha value is -4.32. The van der Waals surface area contributed by atoms with Crippen molar-refractivity contribution >= 4 is 50.7 Å². The largest absolute Gasteiger partial charge is 0.486 e. The molecule has 0 radical (unpaired) electrons. The fourth-order valence-corrected chi connectivity index (χ4v) is 6.95. The normalized spacial score (nSPS) is 13.0. The zero-order valence-electron chi connectivity index (χ0n) is 26.1. The molecule has 1 unspecified atom stereocenters. The van der Waals surface area contributed by atoms with Crippen molar-refractivity contribution in [3.05, 3.63) is 118 Å². The number of ether oxygens (including phenoxy) is 2. The van der Waals surface area contributed by atoms with Crippen LogP contribution in [0.1, 0.15) is 24.5 Å². The lowest BCUT2D eigenvalue weighted by Crippen LogP contribution is -2.53. The number of carbonyl (C=O) groups excluding carboxylic acids is 2. The van der Waals surface area contributed by atoms with Gasteiger partial charge in [-0.25, -0.2) is 12.8 Å². The van der Waals surface area contributed by atoms with E-state index in [1.165, 1.54) is 35.2 Å². The summed E-state index contributed by atoms with van der Waals surface area (Å²) < 4.78 is 54.7. The lowest BCUT2D eigenvalue weighted by molar-refractivity contribution is -0.140. The highest BCUT2D eigenvalue weighted by atomic mass is 35.5. The summed E-state index contributed by atoms with van der Waals surface area (Å²) in [5.41, 5.74) is 1.41. The number of hydrogen-bond acceptors (Lipinski definition) is 6. The third-order valence-corrected chi connectivity index (χ3v) is 10.2. The Morgan fingerprint density at radius 2 is 1.58 bits per heavy atom. The average Bonchev–Trinajstić information content (AvgIpc) is 3.09. The van der Waals surface area contributed by atoms with Gasteiger partial charge in [0.2, 0.25) is 11.8 Å². The third kappa shape index (κ3) is 8.39. The Labute approximate surface area is 289 Å². The van der Waals surface area contributed by atoms with Crippen molar-refractivity contribution < 1.29 is 31.9 Å². The Balaban J connectivity index is 1.58. The Morgan fingerprint density at radius 1 is 0.875 bits per heavy atom. The van der Waals surface area contributed by atoms with Gasteiger partial charge in [0.25, 0.3) is 10.0 Å². The van der Waals surface area contributed by atoms with Crippen LogP contribution in [0.2, 0.25) is 10.0 Å². The van der Waals surface area contributed by atoms with Gasteiger partial charge in [0.15, 0.2) is 11.5 Å². The molecule has 1 atom stereocenters. The highest BCUT2D eigenvalue weighted by Gasteiger charge is 2.35. The van der Waals surface area contributed by atoms with Crippen LogP contribution in [0.3, 0.4) is 0 Å². The van der Waals surface area contributed by atoms with E-state index in [-0.39, 0.29) is 40.9 Å². The van der Waals surface area contributed by atoms with E-state index in [2.05, 4.69) is 5.32 Å². The first-order chi connectivity index (χ1) is 23.1. The quantitative estimate of drug-likeness (QED) is 0.175. The van der Waals surface area contributed by atoms with Crippen molar-refractivity contribution in [1.82, 2.24) is 10.2 Å². The summed E-state index contributed by atoms with van der Waals surface area (Å²) in [5.74, 6) is -1.04. The number of anilines is 1. The minimum atomic E-state index is -4.44. The van der Waals surface area contributed by atoms with Crippen molar-refractivity contribution in [3.8, 4) is 11.5 Å². The van der Waals surface area contributed by atoms with E-state index in [0.29, 0.717) is 35.9 Å². The summed E-state index contributed by atoms with van der Waals surface area (Å²) in [6, 6.07) is 22.0. The van der Waals surface area contributed by atoms with E-state index in [0.717, 1.165) is 22.0 Å². The first-order valence-corrected chi connectivity index (χ1v) is 17.5. The molecule has 13 heteroatoms. The maximum absolute atomic E-state index is 14.5. The molecule has 0 bridgehead atoms. The number of benzene rings is 4. The van der Waals surface area contributed by atoms with E-state index in [9.17, 15) is 22.4 Å². The van der Waals surface area contributed by atoms with E-state index < -0.39 is 40.2 Å². The number of fused-ring (bicyclic) bond motifs is 1. The third-order valence-electron chi connectivity index (χ3n) is 7.65. The Morgan fingerprint density at radius 3 is 2.27 bits per heavy atom. The van der Waals surface area contributed by atoms with Crippen LogP contribution < -0.4 is 19.1 Å². The number of amides is 2. The number of halogens is 3. The fraction of sp³-hybridized carbons (Fsp3) is 0.257. The molecule has 1 heterocycles. The van der Waals surface area contributed by atoms with Gasteiger partial charge in [0.05, 0.1) is 20.6 Å². The standard InChI is InChI=1S/C35H34Cl2FN3O6S/c1-2-16-39-35(43)31(20-24-6-4-3-5-7-24)40(22-25-8-14-29(36)30(37)19-25)34(42)23-41(27-11-9-26(38)10-12-27)48(44,45)28-13-15-32-33(21-28)47-18-17-46-32/h3-15,19,21,31H,2,16-18,20,22-23H2,1H3,(H,39,43). The highest BCUT2D eigenvalue weighted by molar-refractivity contribution is 7.92. The monoisotopic (exact) mass is 713 g/mol. The minimum absolute atomic E-state index is 0.0455. The fourth-order valence-electron chi connectivity index (χ4n) is 5.20. The van der Waals surface area contributed by atoms with Crippen LogP contribution in [-0.2, 0) is 32.6 Å². The van der Waals surface area contributed by atoms with E-state index in [1.54, 1.807) is 18.2 Å². The van der Waals surface area contributed by atoms with Crippen LogP contribution in [-0.4, -0.2) is 57.5 Å². The lowest BCUT2D eigenvalue weighted by atomic mass is 10.0. The second-order valence-corrected chi connectivity index (χ2v) is 13.7. The summed E-state index contributed by atoms with van der Waals surface area (Å²) in [4.78, 5) is 29.5. The molecular formula is C35H34Cl2FN3O6S. The summed E-state index contributed by atoms with van der Waals surface area (Å²) in [5, 5.41) is 3.46. The van der Waals surface area contributed by atoms with E-state index in [4.69, 9.17) is 32.7 Å². The molecule has 0 spiro atoms. The molecule has 9 nitrogen and oxygen atoms in total. The van der Waals surface area contributed by atoms with Gasteiger partial charge in [-0.05, 0) is 66.1 Å². The van der Waals surface area contributed by atoms with Gasteiger partial charge >= 0.3 is 0 Å². The van der Waals surface area contributed by atoms with Crippen LogP contribution in [0, 0.1) is 5.82 Å². The molecule has 252 valence electrons. The number of sulfonamides is 1. The molecule has 1 aliphatic heterocycles. The number of rotatable bonds is 13. The average molecular weight is 715 g/mol. The van der Waals surface area contributed by atoms with Gasteiger partial charge in [-0.2, -0.15) is 0 Å². The molecular weight excluding hydrogens is 680 g/mol. The van der Waals surface area contributed by atoms with Crippen molar-refractivity contribution in [1.29, 1.82) is 0 Å². The molecule has 0 saturated carbocycles. The second kappa shape index (κ2) is 15.7. The zero-order chi connectivity index (χ0) is 34.3. The van der Waals surface area contributed by atoms with Crippen molar-refractivity contribution in [2.75, 3.05) is 30.6 Å². The maximum atomic E-state index is 14.5. The molecule has 1 N–H and O–H groups in total. The molecule has 0 aromatic heterocycles. The van der Waals surface area contributed by atoms with Crippen LogP contribution in [0.5, 0.6) is 11.5 Å². The topological polar surface area (TPSA) is 105 Å². The maximum Gasteiger partial charge on any atom is 0.264 e. The van der Waals surface area contributed by atoms with Crippen molar-refractivity contribution in [2.45, 2.75) is 37.2 Å². The molecule has 4 aromatic carbocycles. The number of nitrogens with zero attached hydrogens (tertiary/aromatic N) is 2. The first kappa shape index (κ1) is 35.0. The van der Waals surface area contributed by atoms with Crippen molar-refractivity contribution in [3.63, 3.8) is 0 Å². The molecule has 5 rings (SSSR count). The van der Waals surface area contributed by atoms with Crippen LogP contribution in [0.25, 0.3) is 0 Å².